The molecule has 7 nitrogen and oxygen atoms in total. The average molecular weight is 389 g/mol. The molecule has 2 fully saturated rings. The van der Waals surface area contributed by atoms with Gasteiger partial charge in [0.2, 0.25) is 11.8 Å². The number of benzene rings is 1. The van der Waals surface area contributed by atoms with Crippen molar-refractivity contribution in [3.63, 3.8) is 0 Å². The predicted octanol–water partition coefficient (Wildman–Crippen LogP) is 1.27. The van der Waals surface area contributed by atoms with Crippen LogP contribution in [-0.4, -0.2) is 73.7 Å². The van der Waals surface area contributed by atoms with Crippen molar-refractivity contribution in [2.45, 2.75) is 32.4 Å². The second kappa shape index (κ2) is 8.92. The van der Waals surface area contributed by atoms with Gasteiger partial charge in [-0.05, 0) is 30.0 Å². The number of carbonyl (C=O) groups is 2. The summed E-state index contributed by atoms with van der Waals surface area (Å²) in [4.78, 5) is 28.0. The highest BCUT2D eigenvalue weighted by molar-refractivity contribution is 5.75. The Labute approximate surface area is 167 Å². The molecule has 1 N–H and O–H groups in total. The number of rotatable bonds is 7. The van der Waals surface area contributed by atoms with E-state index in [0.29, 0.717) is 25.7 Å². The van der Waals surface area contributed by atoms with Gasteiger partial charge >= 0.3 is 0 Å². The van der Waals surface area contributed by atoms with Crippen molar-refractivity contribution >= 4 is 11.8 Å². The molecule has 0 aromatic heterocycles. The topological polar surface area (TPSA) is 71.1 Å². The molecule has 0 spiro atoms. The molecule has 1 aromatic rings. The molecule has 2 aliphatic rings. The monoisotopic (exact) mass is 389 g/mol. The van der Waals surface area contributed by atoms with Crippen molar-refractivity contribution in [1.29, 1.82) is 0 Å². The van der Waals surface area contributed by atoms with Gasteiger partial charge in [0.15, 0.2) is 0 Å². The lowest BCUT2D eigenvalue weighted by atomic mass is 9.81. The van der Waals surface area contributed by atoms with Crippen molar-refractivity contribution in [2.75, 3.05) is 46.5 Å². The number of nitrogens with one attached hydrogen (secondary N) is 1. The molecule has 7 heteroatoms. The Morgan fingerprint density at radius 2 is 2.07 bits per heavy atom. The Kier molecular flexibility index (Phi) is 6.57. The Morgan fingerprint density at radius 3 is 2.79 bits per heavy atom. The third-order valence-electron chi connectivity index (χ3n) is 5.72. The molecular weight excluding hydrogens is 358 g/mol. The molecule has 0 radical (unpaired) electrons. The molecule has 2 heterocycles. The quantitative estimate of drug-likeness (QED) is 0.711. The first-order valence-electron chi connectivity index (χ1n) is 9.89. The maximum atomic E-state index is 11.9. The summed E-state index contributed by atoms with van der Waals surface area (Å²) in [5.41, 5.74) is 0.817. The van der Waals surface area contributed by atoms with Crippen LogP contribution in [0.2, 0.25) is 0 Å². The van der Waals surface area contributed by atoms with Crippen LogP contribution in [0.15, 0.2) is 24.3 Å². The van der Waals surface area contributed by atoms with E-state index in [4.69, 9.17) is 9.47 Å². The van der Waals surface area contributed by atoms with Gasteiger partial charge in [0.1, 0.15) is 12.4 Å². The van der Waals surface area contributed by atoms with E-state index in [1.54, 1.807) is 21.0 Å². The lowest BCUT2D eigenvalue weighted by Gasteiger charge is -2.44. The number of fused-ring (bicyclic) bond motifs is 1. The Morgan fingerprint density at radius 1 is 1.25 bits per heavy atom. The molecule has 1 aromatic carbocycles. The zero-order valence-corrected chi connectivity index (χ0v) is 17.1. The van der Waals surface area contributed by atoms with Crippen molar-refractivity contribution in [1.82, 2.24) is 15.1 Å². The van der Waals surface area contributed by atoms with Crippen LogP contribution >= 0.6 is 0 Å². The minimum absolute atomic E-state index is 0.0363. The Balaban J connectivity index is 1.69. The van der Waals surface area contributed by atoms with Gasteiger partial charge in [0.25, 0.3) is 0 Å². The number of piperidine rings is 1. The van der Waals surface area contributed by atoms with Gasteiger partial charge in [-0.2, -0.15) is 0 Å². The molecule has 0 saturated carbocycles. The molecule has 2 atom stereocenters. The SMILES string of the molecule is COCCOc1cccc(CN2C[C@H]3CCN(C(C)=O)C[C@@]3(NC(C)=O)C2)c1. The van der Waals surface area contributed by atoms with Gasteiger partial charge in [-0.1, -0.05) is 12.1 Å². The normalized spacial score (nSPS) is 24.7. The van der Waals surface area contributed by atoms with E-state index in [1.807, 2.05) is 17.0 Å². The third-order valence-corrected chi connectivity index (χ3v) is 5.72. The number of ether oxygens (including phenoxy) is 2. The second-order valence-corrected chi connectivity index (χ2v) is 7.92. The zero-order valence-electron chi connectivity index (χ0n) is 17.1. The van der Waals surface area contributed by atoms with Crippen LogP contribution in [0.5, 0.6) is 5.75 Å². The molecular formula is C21H31N3O4. The maximum absolute atomic E-state index is 11.9. The molecule has 2 amide bonds. The lowest BCUT2D eigenvalue weighted by molar-refractivity contribution is -0.133. The van der Waals surface area contributed by atoms with Crippen molar-refractivity contribution in [3.05, 3.63) is 29.8 Å². The van der Waals surface area contributed by atoms with Crippen LogP contribution in [0.3, 0.4) is 0 Å². The Hall–Kier alpha value is -2.12. The summed E-state index contributed by atoms with van der Waals surface area (Å²) in [5.74, 6) is 1.23. The summed E-state index contributed by atoms with van der Waals surface area (Å²) < 4.78 is 10.7. The van der Waals surface area contributed by atoms with E-state index in [1.165, 1.54) is 5.56 Å². The lowest BCUT2D eigenvalue weighted by Crippen LogP contribution is -2.64. The standard InChI is InChI=1S/C21H31N3O4/c1-16(25)22-21-14-23(13-19(21)7-8-24(15-21)17(2)26)12-18-5-4-6-20(11-18)28-10-9-27-3/h4-6,11,19H,7-10,12-15H2,1-3H3,(H,22,25)/t19-,21+/m1/s1. The number of hydrogen-bond donors (Lipinski definition) is 1. The number of likely N-dealkylation sites (tertiary alicyclic amines) is 2. The van der Waals surface area contributed by atoms with Gasteiger partial charge in [0, 0.05) is 53.7 Å². The molecule has 0 bridgehead atoms. The first-order valence-corrected chi connectivity index (χ1v) is 9.89. The number of amides is 2. The average Bonchev–Trinajstić information content (AvgIpc) is 2.97. The summed E-state index contributed by atoms with van der Waals surface area (Å²) >= 11 is 0. The second-order valence-electron chi connectivity index (χ2n) is 7.92. The molecule has 28 heavy (non-hydrogen) atoms. The fourth-order valence-corrected chi connectivity index (χ4v) is 4.51. The van der Waals surface area contributed by atoms with E-state index in [9.17, 15) is 9.59 Å². The van der Waals surface area contributed by atoms with Gasteiger partial charge < -0.3 is 19.7 Å². The van der Waals surface area contributed by atoms with Crippen LogP contribution in [0, 0.1) is 5.92 Å². The molecule has 0 unspecified atom stereocenters. The summed E-state index contributed by atoms with van der Waals surface area (Å²) in [6.45, 7) is 8.05. The summed E-state index contributed by atoms with van der Waals surface area (Å²) in [6, 6.07) is 8.11. The smallest absolute Gasteiger partial charge is 0.219 e. The van der Waals surface area contributed by atoms with Crippen LogP contribution in [0.1, 0.15) is 25.8 Å². The molecule has 154 valence electrons. The van der Waals surface area contributed by atoms with E-state index in [2.05, 4.69) is 22.3 Å². The highest BCUT2D eigenvalue weighted by atomic mass is 16.5. The van der Waals surface area contributed by atoms with Gasteiger partial charge in [-0.3, -0.25) is 14.5 Å². The van der Waals surface area contributed by atoms with Crippen LogP contribution in [0.25, 0.3) is 0 Å². The van der Waals surface area contributed by atoms with Crippen molar-refractivity contribution < 1.29 is 19.1 Å². The summed E-state index contributed by atoms with van der Waals surface area (Å²) in [6.07, 6.45) is 0.913. The summed E-state index contributed by atoms with van der Waals surface area (Å²) in [7, 11) is 1.66. The first-order chi connectivity index (χ1) is 13.4. The fraction of sp³-hybridized carbons (Fsp3) is 0.619. The largest absolute Gasteiger partial charge is 0.491 e. The third kappa shape index (κ3) is 4.83. The highest BCUT2D eigenvalue weighted by Crippen LogP contribution is 2.36. The van der Waals surface area contributed by atoms with Gasteiger partial charge in [0.05, 0.1) is 12.1 Å². The molecule has 0 aliphatic carbocycles. The zero-order chi connectivity index (χ0) is 20.1. The minimum atomic E-state index is -0.359. The Bertz CT molecular complexity index is 711. The number of carbonyl (C=O) groups excluding carboxylic acids is 2. The van der Waals surface area contributed by atoms with E-state index in [0.717, 1.165) is 38.3 Å². The number of hydrogen-bond acceptors (Lipinski definition) is 5. The number of nitrogens with zero attached hydrogens (tertiary/aromatic N) is 2. The van der Waals surface area contributed by atoms with E-state index < -0.39 is 0 Å². The minimum Gasteiger partial charge on any atom is -0.491 e. The van der Waals surface area contributed by atoms with Gasteiger partial charge in [-0.25, -0.2) is 0 Å². The van der Waals surface area contributed by atoms with E-state index in [-0.39, 0.29) is 17.4 Å². The van der Waals surface area contributed by atoms with Crippen LogP contribution in [-0.2, 0) is 20.9 Å². The predicted molar refractivity (Wildman–Crippen MR) is 106 cm³/mol. The van der Waals surface area contributed by atoms with Gasteiger partial charge in [-0.15, -0.1) is 0 Å². The molecule has 3 rings (SSSR count). The fourth-order valence-electron chi connectivity index (χ4n) is 4.51. The van der Waals surface area contributed by atoms with E-state index >= 15 is 0 Å². The summed E-state index contributed by atoms with van der Waals surface area (Å²) in [5, 5.41) is 3.19. The highest BCUT2D eigenvalue weighted by Gasteiger charge is 2.50. The molecule has 2 aliphatic heterocycles. The van der Waals surface area contributed by atoms with Crippen molar-refractivity contribution in [3.8, 4) is 5.75 Å². The molecule has 2 saturated heterocycles. The van der Waals surface area contributed by atoms with Crippen molar-refractivity contribution in [2.24, 2.45) is 5.92 Å². The maximum Gasteiger partial charge on any atom is 0.219 e. The first kappa shape index (κ1) is 20.6. The van der Waals surface area contributed by atoms with Crippen LogP contribution in [0.4, 0.5) is 0 Å². The number of methoxy groups -OCH3 is 1. The van der Waals surface area contributed by atoms with Crippen LogP contribution < -0.4 is 10.1 Å².